The van der Waals surface area contributed by atoms with E-state index in [2.05, 4.69) is 20.8 Å². The van der Waals surface area contributed by atoms with Crippen LogP contribution in [0.5, 0.6) is 0 Å². The molecule has 3 atom stereocenters. The van der Waals surface area contributed by atoms with Crippen LogP contribution in [0.2, 0.25) is 0 Å². The predicted octanol–water partition coefficient (Wildman–Crippen LogP) is 2.58. The summed E-state index contributed by atoms with van der Waals surface area (Å²) in [7, 11) is 0. The molecule has 0 spiro atoms. The van der Waals surface area contributed by atoms with E-state index >= 15 is 0 Å². The van der Waals surface area contributed by atoms with E-state index in [1.54, 1.807) is 0 Å². The summed E-state index contributed by atoms with van der Waals surface area (Å²) in [4.78, 5) is 0. The van der Waals surface area contributed by atoms with E-state index in [0.717, 1.165) is 19.3 Å². The molecule has 1 rings (SSSR count). The Hall–Kier alpha value is -0.0800. The largest absolute Gasteiger partial charge is 0.392 e. The number of hydrogen-bond acceptors (Lipinski definition) is 2. The molecule has 0 aromatic heterocycles. The SMILES string of the molecule is CC1CC(CC(C)(C)O)CC(C)(C)C1O. The molecule has 1 saturated carbocycles. The van der Waals surface area contributed by atoms with E-state index in [-0.39, 0.29) is 11.5 Å². The van der Waals surface area contributed by atoms with Crippen LogP contribution in [-0.2, 0) is 0 Å². The Morgan fingerprint density at radius 3 is 2.27 bits per heavy atom. The first kappa shape index (κ1) is 13.0. The highest BCUT2D eigenvalue weighted by atomic mass is 16.3. The number of rotatable bonds is 2. The maximum Gasteiger partial charge on any atom is 0.0616 e. The van der Waals surface area contributed by atoms with Crippen LogP contribution < -0.4 is 0 Å². The van der Waals surface area contributed by atoms with E-state index in [9.17, 15) is 10.2 Å². The summed E-state index contributed by atoms with van der Waals surface area (Å²) >= 11 is 0. The van der Waals surface area contributed by atoms with Crippen molar-refractivity contribution in [1.82, 2.24) is 0 Å². The third-order valence-electron chi connectivity index (χ3n) is 3.65. The Morgan fingerprint density at radius 2 is 1.87 bits per heavy atom. The van der Waals surface area contributed by atoms with Crippen molar-refractivity contribution in [2.75, 3.05) is 0 Å². The molecular weight excluding hydrogens is 188 g/mol. The van der Waals surface area contributed by atoms with Crippen LogP contribution in [0.4, 0.5) is 0 Å². The topological polar surface area (TPSA) is 40.5 Å². The molecule has 0 heterocycles. The normalized spacial score (nSPS) is 36.6. The lowest BCUT2D eigenvalue weighted by molar-refractivity contribution is -0.0620. The summed E-state index contributed by atoms with van der Waals surface area (Å²) in [5.41, 5.74) is -0.587. The van der Waals surface area contributed by atoms with Gasteiger partial charge in [0.05, 0.1) is 11.7 Å². The zero-order chi connectivity index (χ0) is 11.9. The molecule has 0 saturated heterocycles. The maximum atomic E-state index is 10.1. The van der Waals surface area contributed by atoms with E-state index in [0.29, 0.717) is 11.8 Å². The minimum absolute atomic E-state index is 0.00637. The minimum atomic E-state index is -0.581. The summed E-state index contributed by atoms with van der Waals surface area (Å²) in [5.74, 6) is 0.888. The van der Waals surface area contributed by atoms with Crippen LogP contribution in [-0.4, -0.2) is 21.9 Å². The van der Waals surface area contributed by atoms with Crippen LogP contribution in [0.3, 0.4) is 0 Å². The number of aliphatic hydroxyl groups excluding tert-OH is 1. The number of hydrogen-bond donors (Lipinski definition) is 2. The van der Waals surface area contributed by atoms with Crippen molar-refractivity contribution in [3.05, 3.63) is 0 Å². The van der Waals surface area contributed by atoms with Gasteiger partial charge in [0.25, 0.3) is 0 Å². The van der Waals surface area contributed by atoms with Crippen molar-refractivity contribution >= 4 is 0 Å². The Balaban J connectivity index is 2.65. The Bertz CT molecular complexity index is 215. The van der Waals surface area contributed by atoms with Crippen molar-refractivity contribution in [1.29, 1.82) is 0 Å². The van der Waals surface area contributed by atoms with Crippen LogP contribution in [0, 0.1) is 17.3 Å². The fourth-order valence-electron chi connectivity index (χ4n) is 3.23. The molecule has 0 aromatic carbocycles. The average molecular weight is 214 g/mol. The van der Waals surface area contributed by atoms with Crippen molar-refractivity contribution in [2.24, 2.45) is 17.3 Å². The summed E-state index contributed by atoms with van der Waals surface area (Å²) in [5, 5.41) is 19.9. The van der Waals surface area contributed by atoms with Gasteiger partial charge in [0.2, 0.25) is 0 Å². The second kappa shape index (κ2) is 4.06. The predicted molar refractivity (Wildman–Crippen MR) is 62.6 cm³/mol. The van der Waals surface area contributed by atoms with E-state index in [1.807, 2.05) is 13.8 Å². The smallest absolute Gasteiger partial charge is 0.0616 e. The fraction of sp³-hybridized carbons (Fsp3) is 1.00. The van der Waals surface area contributed by atoms with E-state index in [4.69, 9.17) is 0 Å². The highest BCUT2D eigenvalue weighted by molar-refractivity contribution is 4.91. The molecule has 0 radical (unpaired) electrons. The molecule has 3 unspecified atom stereocenters. The first-order chi connectivity index (χ1) is 6.62. The molecule has 90 valence electrons. The van der Waals surface area contributed by atoms with Gasteiger partial charge in [0, 0.05) is 0 Å². The van der Waals surface area contributed by atoms with Gasteiger partial charge < -0.3 is 10.2 Å². The van der Waals surface area contributed by atoms with E-state index in [1.165, 1.54) is 0 Å². The number of aliphatic hydroxyl groups is 2. The highest BCUT2D eigenvalue weighted by Crippen LogP contribution is 2.44. The molecule has 2 N–H and O–H groups in total. The van der Waals surface area contributed by atoms with Crippen LogP contribution in [0.1, 0.15) is 53.9 Å². The third kappa shape index (κ3) is 3.46. The summed E-state index contributed by atoms with van der Waals surface area (Å²) in [6.07, 6.45) is 2.69. The van der Waals surface area contributed by atoms with Gasteiger partial charge in [0.1, 0.15) is 0 Å². The monoisotopic (exact) mass is 214 g/mol. The lowest BCUT2D eigenvalue weighted by atomic mass is 9.64. The van der Waals surface area contributed by atoms with Crippen LogP contribution in [0.15, 0.2) is 0 Å². The first-order valence-corrected chi connectivity index (χ1v) is 6.02. The molecular formula is C13H26O2. The van der Waals surface area contributed by atoms with Crippen LogP contribution >= 0.6 is 0 Å². The quantitative estimate of drug-likeness (QED) is 0.741. The second-order valence-electron chi connectivity index (χ2n) is 6.73. The van der Waals surface area contributed by atoms with Crippen LogP contribution in [0.25, 0.3) is 0 Å². The van der Waals surface area contributed by atoms with Gasteiger partial charge in [-0.05, 0) is 50.4 Å². The van der Waals surface area contributed by atoms with Crippen molar-refractivity contribution < 1.29 is 10.2 Å². The molecule has 15 heavy (non-hydrogen) atoms. The molecule has 0 aliphatic heterocycles. The highest BCUT2D eigenvalue weighted by Gasteiger charge is 2.41. The summed E-state index contributed by atoms with van der Waals surface area (Å²) in [6.45, 7) is 10.1. The molecule has 1 aliphatic carbocycles. The van der Waals surface area contributed by atoms with Crippen molar-refractivity contribution in [3.8, 4) is 0 Å². The molecule has 0 bridgehead atoms. The lowest BCUT2D eigenvalue weighted by Gasteiger charge is -2.44. The zero-order valence-electron chi connectivity index (χ0n) is 10.7. The molecule has 2 nitrogen and oxygen atoms in total. The zero-order valence-corrected chi connectivity index (χ0v) is 10.7. The molecule has 1 aliphatic rings. The second-order valence-corrected chi connectivity index (χ2v) is 6.73. The van der Waals surface area contributed by atoms with E-state index < -0.39 is 5.60 Å². The van der Waals surface area contributed by atoms with Gasteiger partial charge in [-0.2, -0.15) is 0 Å². The maximum absolute atomic E-state index is 10.1. The average Bonchev–Trinajstić information content (AvgIpc) is 1.95. The van der Waals surface area contributed by atoms with Gasteiger partial charge in [-0.1, -0.05) is 20.8 Å². The molecule has 1 fully saturated rings. The summed E-state index contributed by atoms with van der Waals surface area (Å²) < 4.78 is 0. The summed E-state index contributed by atoms with van der Waals surface area (Å²) in [6, 6.07) is 0. The lowest BCUT2D eigenvalue weighted by Crippen LogP contribution is -2.43. The van der Waals surface area contributed by atoms with Crippen molar-refractivity contribution in [2.45, 2.75) is 65.6 Å². The molecule has 0 amide bonds. The van der Waals surface area contributed by atoms with Gasteiger partial charge in [-0.15, -0.1) is 0 Å². The Morgan fingerprint density at radius 1 is 1.33 bits per heavy atom. The van der Waals surface area contributed by atoms with Crippen molar-refractivity contribution in [3.63, 3.8) is 0 Å². The standard InChI is InChI=1S/C13H26O2/c1-9-6-10(8-13(4,5)15)7-12(2,3)11(9)14/h9-11,14-15H,6-8H2,1-5H3. The Labute approximate surface area is 93.7 Å². The first-order valence-electron chi connectivity index (χ1n) is 6.02. The molecule has 2 heteroatoms. The third-order valence-corrected chi connectivity index (χ3v) is 3.65. The van der Waals surface area contributed by atoms with Gasteiger partial charge >= 0.3 is 0 Å². The molecule has 0 aromatic rings. The van der Waals surface area contributed by atoms with Gasteiger partial charge in [0.15, 0.2) is 0 Å². The van der Waals surface area contributed by atoms with Gasteiger partial charge in [-0.3, -0.25) is 0 Å². The Kier molecular flexibility index (Phi) is 3.52. The minimum Gasteiger partial charge on any atom is -0.392 e. The van der Waals surface area contributed by atoms with Gasteiger partial charge in [-0.25, -0.2) is 0 Å². The fourth-order valence-corrected chi connectivity index (χ4v) is 3.23.